The molecule has 2 fully saturated rings. The van der Waals surface area contributed by atoms with Gasteiger partial charge >= 0.3 is 0 Å². The van der Waals surface area contributed by atoms with Crippen LogP contribution in [0.1, 0.15) is 31.5 Å². The predicted molar refractivity (Wildman–Crippen MR) is 100 cm³/mol. The van der Waals surface area contributed by atoms with Gasteiger partial charge in [0.15, 0.2) is 0 Å². The van der Waals surface area contributed by atoms with Crippen molar-refractivity contribution in [2.24, 2.45) is 11.1 Å². The van der Waals surface area contributed by atoms with E-state index in [1.807, 2.05) is 36.5 Å². The van der Waals surface area contributed by atoms with Crippen LogP contribution in [0, 0.1) is 5.41 Å². The second-order valence-corrected chi connectivity index (χ2v) is 8.93. The minimum Gasteiger partial charge on any atom is -0.320 e. The Kier molecular flexibility index (Phi) is 3.92. The predicted octanol–water partition coefficient (Wildman–Crippen LogP) is 2.70. The Balaban J connectivity index is 1.78. The van der Waals surface area contributed by atoms with Crippen LogP contribution in [0.5, 0.6) is 0 Å². The Morgan fingerprint density at radius 2 is 2.04 bits per heavy atom. The summed E-state index contributed by atoms with van der Waals surface area (Å²) in [6.07, 6.45) is 3.29. The normalized spacial score (nSPS) is 28.8. The maximum atomic E-state index is 13.5. The molecule has 132 valence electrons. The molecule has 2 aliphatic heterocycles. The summed E-state index contributed by atoms with van der Waals surface area (Å²) in [4.78, 5) is 28.1. The maximum absolute atomic E-state index is 13.5. The fourth-order valence-electron chi connectivity index (χ4n) is 4.12. The number of hydrogen-bond donors (Lipinski definition) is 1. The molecule has 1 aromatic carbocycles. The summed E-state index contributed by atoms with van der Waals surface area (Å²) in [5.74, 6) is 0.726. The summed E-state index contributed by atoms with van der Waals surface area (Å²) in [7, 11) is 0. The van der Waals surface area contributed by atoms with Gasteiger partial charge in [0.05, 0.1) is 16.9 Å². The Labute approximate surface area is 151 Å². The topological polar surface area (TPSA) is 68.3 Å². The van der Waals surface area contributed by atoms with Crippen LogP contribution < -0.4 is 5.73 Å². The van der Waals surface area contributed by atoms with Gasteiger partial charge in [-0.3, -0.25) is 14.2 Å². The molecule has 2 saturated heterocycles. The number of aromatic nitrogens is 1. The Bertz CT molecular complexity index is 844. The van der Waals surface area contributed by atoms with Crippen molar-refractivity contribution in [3.05, 3.63) is 36.5 Å². The molecule has 0 spiro atoms. The van der Waals surface area contributed by atoms with Crippen LogP contribution in [-0.2, 0) is 4.79 Å². The molecule has 1 amide bonds. The number of para-hydroxylation sites is 1. The number of carbonyl (C=O) groups excluding carboxylic acids is 2. The van der Waals surface area contributed by atoms with Gasteiger partial charge in [-0.15, -0.1) is 11.8 Å². The van der Waals surface area contributed by atoms with Crippen LogP contribution in [0.4, 0.5) is 0 Å². The van der Waals surface area contributed by atoms with E-state index in [4.69, 9.17) is 5.73 Å². The van der Waals surface area contributed by atoms with E-state index in [-0.39, 0.29) is 22.6 Å². The molecular weight excluding hydrogens is 334 g/mol. The van der Waals surface area contributed by atoms with Crippen molar-refractivity contribution in [2.45, 2.75) is 44.1 Å². The summed E-state index contributed by atoms with van der Waals surface area (Å²) < 4.78 is 1.69. The van der Waals surface area contributed by atoms with Crippen LogP contribution in [0.15, 0.2) is 36.5 Å². The van der Waals surface area contributed by atoms with Gasteiger partial charge in [0, 0.05) is 11.6 Å². The fourth-order valence-corrected chi connectivity index (χ4v) is 5.71. The highest BCUT2D eigenvalue weighted by Gasteiger charge is 2.54. The van der Waals surface area contributed by atoms with E-state index < -0.39 is 12.1 Å². The maximum Gasteiger partial charge on any atom is 0.254 e. The number of thioether (sulfide) groups is 1. The molecule has 4 rings (SSSR count). The quantitative estimate of drug-likeness (QED) is 0.852. The van der Waals surface area contributed by atoms with Gasteiger partial charge in [-0.1, -0.05) is 32.0 Å². The largest absolute Gasteiger partial charge is 0.320 e. The Morgan fingerprint density at radius 3 is 2.84 bits per heavy atom. The molecule has 0 saturated carbocycles. The average molecular weight is 357 g/mol. The van der Waals surface area contributed by atoms with E-state index >= 15 is 0 Å². The smallest absolute Gasteiger partial charge is 0.254 e. The minimum absolute atomic E-state index is 0.0341. The molecular formula is C19H23N3O2S. The first kappa shape index (κ1) is 16.7. The highest BCUT2D eigenvalue weighted by molar-refractivity contribution is 7.99. The molecule has 0 aliphatic carbocycles. The number of carbonyl (C=O) groups is 2. The lowest BCUT2D eigenvalue weighted by Gasteiger charge is -2.33. The van der Waals surface area contributed by atoms with Crippen molar-refractivity contribution < 1.29 is 9.59 Å². The van der Waals surface area contributed by atoms with E-state index in [1.165, 1.54) is 0 Å². The third-order valence-electron chi connectivity index (χ3n) is 5.41. The second kappa shape index (κ2) is 5.88. The van der Waals surface area contributed by atoms with Crippen LogP contribution >= 0.6 is 11.8 Å². The van der Waals surface area contributed by atoms with E-state index in [9.17, 15) is 9.59 Å². The molecule has 0 bridgehead atoms. The summed E-state index contributed by atoms with van der Waals surface area (Å²) in [6, 6.07) is 8.76. The van der Waals surface area contributed by atoms with E-state index in [1.54, 1.807) is 21.2 Å². The third-order valence-corrected chi connectivity index (χ3v) is 6.66. The van der Waals surface area contributed by atoms with E-state index in [0.717, 1.165) is 23.1 Å². The standard InChI is InChI=1S/C19H23N3O2S/c1-19(2)11-15-22(17(23)13(20)8-10-25-15)16(19)18(24)21-9-7-12-5-3-4-6-14(12)21/h3-7,9,13,15-16H,8,10-11,20H2,1-2H3/t13-,15-,16-/m0/s1. The second-order valence-electron chi connectivity index (χ2n) is 7.64. The van der Waals surface area contributed by atoms with Gasteiger partial charge in [0.1, 0.15) is 6.04 Å². The van der Waals surface area contributed by atoms with Crippen LogP contribution in [-0.4, -0.2) is 44.5 Å². The third kappa shape index (κ3) is 2.59. The number of amides is 1. The first-order valence-corrected chi connectivity index (χ1v) is 9.75. The van der Waals surface area contributed by atoms with Crippen molar-refractivity contribution in [3.8, 4) is 0 Å². The Hall–Kier alpha value is -1.79. The summed E-state index contributed by atoms with van der Waals surface area (Å²) >= 11 is 1.75. The van der Waals surface area contributed by atoms with Gasteiger partial charge < -0.3 is 10.6 Å². The molecule has 3 atom stereocenters. The summed E-state index contributed by atoms with van der Waals surface area (Å²) in [5, 5.41) is 1.06. The summed E-state index contributed by atoms with van der Waals surface area (Å²) in [5.41, 5.74) is 6.67. The first-order chi connectivity index (χ1) is 11.9. The van der Waals surface area contributed by atoms with Crippen molar-refractivity contribution >= 4 is 34.5 Å². The minimum atomic E-state index is -0.511. The van der Waals surface area contributed by atoms with Crippen molar-refractivity contribution in [2.75, 3.05) is 5.75 Å². The SMILES string of the molecule is CC1(C)C[C@@H]2SCC[C@H](N)C(=O)N2[C@H]1C(=O)n1ccc2ccccc21. The van der Waals surface area contributed by atoms with E-state index in [0.29, 0.717) is 6.42 Å². The van der Waals surface area contributed by atoms with Crippen molar-refractivity contribution in [1.82, 2.24) is 9.47 Å². The highest BCUT2D eigenvalue weighted by Crippen LogP contribution is 2.46. The van der Waals surface area contributed by atoms with Crippen LogP contribution in [0.2, 0.25) is 0 Å². The monoisotopic (exact) mass is 357 g/mol. The molecule has 0 unspecified atom stereocenters. The molecule has 1 aromatic heterocycles. The van der Waals surface area contributed by atoms with Gasteiger partial charge in [0.25, 0.3) is 5.91 Å². The lowest BCUT2D eigenvalue weighted by atomic mass is 9.84. The zero-order valence-electron chi connectivity index (χ0n) is 14.5. The van der Waals surface area contributed by atoms with Crippen LogP contribution in [0.25, 0.3) is 10.9 Å². The lowest BCUT2D eigenvalue weighted by molar-refractivity contribution is -0.133. The number of fused-ring (bicyclic) bond motifs is 2. The average Bonchev–Trinajstić information content (AvgIpc) is 3.08. The zero-order valence-corrected chi connectivity index (χ0v) is 15.3. The van der Waals surface area contributed by atoms with Gasteiger partial charge in [0.2, 0.25) is 5.91 Å². The van der Waals surface area contributed by atoms with Crippen LogP contribution in [0.3, 0.4) is 0 Å². The molecule has 3 heterocycles. The molecule has 25 heavy (non-hydrogen) atoms. The highest BCUT2D eigenvalue weighted by atomic mass is 32.2. The molecule has 5 nitrogen and oxygen atoms in total. The molecule has 0 radical (unpaired) electrons. The number of benzene rings is 1. The van der Waals surface area contributed by atoms with Gasteiger partial charge in [-0.25, -0.2) is 0 Å². The van der Waals surface area contributed by atoms with E-state index in [2.05, 4.69) is 13.8 Å². The molecule has 6 heteroatoms. The van der Waals surface area contributed by atoms with Gasteiger partial charge in [-0.05, 0) is 36.1 Å². The zero-order chi connectivity index (χ0) is 17.8. The molecule has 2 aliphatic rings. The number of hydrogen-bond acceptors (Lipinski definition) is 4. The van der Waals surface area contributed by atoms with Crippen molar-refractivity contribution in [1.29, 1.82) is 0 Å². The first-order valence-electron chi connectivity index (χ1n) is 8.70. The van der Waals surface area contributed by atoms with Crippen molar-refractivity contribution in [3.63, 3.8) is 0 Å². The van der Waals surface area contributed by atoms with Gasteiger partial charge in [-0.2, -0.15) is 0 Å². The number of nitrogens with two attached hydrogens (primary N) is 1. The molecule has 2 N–H and O–H groups in total. The Morgan fingerprint density at radius 1 is 1.28 bits per heavy atom. The lowest BCUT2D eigenvalue weighted by Crippen LogP contribution is -2.53. The fraction of sp³-hybridized carbons (Fsp3) is 0.474. The number of rotatable bonds is 1. The molecule has 2 aromatic rings. The number of nitrogens with zero attached hydrogens (tertiary/aromatic N) is 2. The summed E-state index contributed by atoms with van der Waals surface area (Å²) in [6.45, 7) is 4.16.